The Balaban J connectivity index is -0.0000000417. The normalized spacial score (nSPS) is 6.67. The first kappa shape index (κ1) is 22.4. The summed E-state index contributed by atoms with van der Waals surface area (Å²) in [4.78, 5) is 0. The molecule has 0 radical (unpaired) electrons. The Labute approximate surface area is 113 Å². The van der Waals surface area contributed by atoms with Crippen molar-refractivity contribution in [3.05, 3.63) is 0 Å². The second kappa shape index (κ2) is 9.86. The zero-order valence-electron chi connectivity index (χ0n) is 3.03. The first-order chi connectivity index (χ1) is 2.56. The van der Waals surface area contributed by atoms with Crippen molar-refractivity contribution in [3.63, 3.8) is 0 Å². The molecule has 0 unspecified atom stereocenters. The predicted octanol–water partition coefficient (Wildman–Crippen LogP) is -2.06. The van der Waals surface area contributed by atoms with Gasteiger partial charge in [0.25, 0.3) is 0 Å². The summed E-state index contributed by atoms with van der Waals surface area (Å²) in [6, 6.07) is 0. The molecule has 0 aliphatic rings. The monoisotopic (exact) mass is 213 g/mol. The maximum absolute atomic E-state index is 9.19. The summed E-state index contributed by atoms with van der Waals surface area (Å²) >= 11 is 0. The maximum atomic E-state index is 9.19. The Morgan fingerprint density at radius 2 is 1.56 bits per heavy atom. The Morgan fingerprint density at radius 3 is 1.56 bits per heavy atom. The molecule has 0 aromatic heterocycles. The van der Waals surface area contributed by atoms with E-state index in [-0.39, 0.29) is 81.2 Å². The quantitative estimate of drug-likeness (QED) is 0.217. The third-order valence-corrected chi connectivity index (χ3v) is 0.346. The summed E-state index contributed by atoms with van der Waals surface area (Å²) < 4.78 is 25.8. The van der Waals surface area contributed by atoms with Gasteiger partial charge in [0.05, 0.1) is 0 Å². The molecule has 0 spiro atoms. The van der Waals surface area contributed by atoms with Crippen molar-refractivity contribution >= 4 is 91.3 Å². The van der Waals surface area contributed by atoms with E-state index < -0.39 is 10.1 Å². The Morgan fingerprint density at radius 1 is 1.44 bits per heavy atom. The van der Waals surface area contributed by atoms with Gasteiger partial charge in [-0.05, 0) is 0 Å². The van der Waals surface area contributed by atoms with Crippen molar-refractivity contribution in [2.45, 2.75) is 0 Å². The molecule has 0 saturated heterocycles. The topological polar surface area (TPSA) is 78.2 Å². The average Bonchev–Trinajstić information content (AvgIpc) is 1.35. The SMILES string of the molecule is Cl.N#CS(=O)(=O)O.[AlH3].[KH]. The summed E-state index contributed by atoms with van der Waals surface area (Å²) in [6.45, 7) is 0. The van der Waals surface area contributed by atoms with Gasteiger partial charge >= 0.3 is 61.5 Å². The number of nitrogens with zero attached hydrogens (tertiary/aromatic N) is 1. The van der Waals surface area contributed by atoms with E-state index in [1.54, 1.807) is 0 Å². The van der Waals surface area contributed by atoms with Crippen molar-refractivity contribution in [1.82, 2.24) is 0 Å². The van der Waals surface area contributed by atoms with Gasteiger partial charge in [-0.2, -0.15) is 13.7 Å². The van der Waals surface area contributed by atoms with Crippen LogP contribution >= 0.6 is 12.4 Å². The van der Waals surface area contributed by atoms with Crippen LogP contribution < -0.4 is 0 Å². The second-order valence-corrected chi connectivity index (χ2v) is 1.70. The van der Waals surface area contributed by atoms with Crippen LogP contribution in [-0.4, -0.2) is 81.7 Å². The molecule has 1 N–H and O–H groups in total. The van der Waals surface area contributed by atoms with Crippen molar-refractivity contribution in [2.24, 2.45) is 0 Å². The molecule has 0 aliphatic carbocycles. The summed E-state index contributed by atoms with van der Waals surface area (Å²) in [5, 5.41) is 7.95. The summed E-state index contributed by atoms with van der Waals surface area (Å²) in [5.74, 6) is 0. The molecule has 50 valence electrons. The Kier molecular flexibility index (Phi) is 24.6. The molecule has 9 heavy (non-hydrogen) atoms. The van der Waals surface area contributed by atoms with Gasteiger partial charge in [0.2, 0.25) is 5.40 Å². The van der Waals surface area contributed by atoms with Crippen LogP contribution in [0.4, 0.5) is 0 Å². The van der Waals surface area contributed by atoms with E-state index >= 15 is 0 Å². The average molecular weight is 214 g/mol. The number of halogens is 1. The molecule has 0 bridgehead atoms. The van der Waals surface area contributed by atoms with Crippen LogP contribution in [0.1, 0.15) is 0 Å². The molecule has 0 aromatic rings. The molecule has 0 saturated carbocycles. The van der Waals surface area contributed by atoms with Gasteiger partial charge in [-0.15, -0.1) is 12.4 Å². The fraction of sp³-hybridized carbons (Fsp3) is 0. The van der Waals surface area contributed by atoms with Gasteiger partial charge in [-0.25, -0.2) is 0 Å². The van der Waals surface area contributed by atoms with Crippen LogP contribution in [0.3, 0.4) is 0 Å². The van der Waals surface area contributed by atoms with Crippen LogP contribution in [0.5, 0.6) is 0 Å². The van der Waals surface area contributed by atoms with Crippen LogP contribution in [0.2, 0.25) is 0 Å². The molecule has 0 amide bonds. The molecule has 0 rings (SSSR count). The van der Waals surface area contributed by atoms with E-state index in [1.165, 1.54) is 0 Å². The van der Waals surface area contributed by atoms with Gasteiger partial charge in [-0.3, -0.25) is 4.55 Å². The van der Waals surface area contributed by atoms with Gasteiger partial charge in [-0.1, -0.05) is 0 Å². The zero-order valence-corrected chi connectivity index (χ0v) is 4.66. The van der Waals surface area contributed by atoms with E-state index in [4.69, 9.17) is 9.81 Å². The molecule has 4 nitrogen and oxygen atoms in total. The van der Waals surface area contributed by atoms with Crippen molar-refractivity contribution in [2.75, 3.05) is 0 Å². The molecular weight excluding hydrogens is 208 g/mol. The number of thiocyanates is 1. The molecule has 0 fully saturated rings. The third-order valence-electron chi connectivity index (χ3n) is 0.115. The predicted molar refractivity (Wildman–Crippen MR) is 41.5 cm³/mol. The van der Waals surface area contributed by atoms with E-state index in [1.807, 2.05) is 0 Å². The first-order valence-electron chi connectivity index (χ1n) is 0.944. The Bertz CT molecular complexity index is 173. The second-order valence-electron chi connectivity index (χ2n) is 0.566. The molecule has 0 aromatic carbocycles. The molecule has 0 aliphatic heterocycles. The molecule has 8 heteroatoms. The van der Waals surface area contributed by atoms with Crippen molar-refractivity contribution in [3.8, 4) is 5.40 Å². The van der Waals surface area contributed by atoms with Crippen LogP contribution in [0.15, 0.2) is 0 Å². The summed E-state index contributed by atoms with van der Waals surface area (Å²) in [7, 11) is -4.36. The number of rotatable bonds is 0. The number of nitriles is 1. The molecule has 0 heterocycles. The van der Waals surface area contributed by atoms with E-state index in [9.17, 15) is 8.42 Å². The van der Waals surface area contributed by atoms with E-state index in [0.717, 1.165) is 0 Å². The summed E-state index contributed by atoms with van der Waals surface area (Å²) in [5.41, 5.74) is 0. The van der Waals surface area contributed by atoms with Gasteiger partial charge in [0, 0.05) is 0 Å². The first-order valence-corrected chi connectivity index (χ1v) is 2.38. The van der Waals surface area contributed by atoms with Crippen molar-refractivity contribution in [1.29, 1.82) is 5.26 Å². The van der Waals surface area contributed by atoms with Gasteiger partial charge < -0.3 is 0 Å². The van der Waals surface area contributed by atoms with Gasteiger partial charge in [0.1, 0.15) is 0 Å². The standard InChI is InChI=1S/CHNO3S.Al.ClH.K.4H/c2-1-6(3,4)5;;;;;;;/h(H,3,4,5);;1H;;;;;. The fourth-order valence-corrected chi connectivity index (χ4v) is 0. The number of hydrogen-bond acceptors (Lipinski definition) is 3. The van der Waals surface area contributed by atoms with Gasteiger partial charge in [0.15, 0.2) is 17.4 Å². The minimum absolute atomic E-state index is 0. The Hall–Kier alpha value is 1.86. The van der Waals surface area contributed by atoms with Crippen LogP contribution in [-0.2, 0) is 10.1 Å². The van der Waals surface area contributed by atoms with E-state index in [2.05, 4.69) is 0 Å². The molecule has 0 atom stereocenters. The molecular formula is CH6AlClKNO3S. The van der Waals surface area contributed by atoms with Crippen LogP contribution in [0.25, 0.3) is 0 Å². The zero-order chi connectivity index (χ0) is 5.21. The van der Waals surface area contributed by atoms with Crippen LogP contribution in [0, 0.1) is 10.7 Å². The van der Waals surface area contributed by atoms with E-state index in [0.29, 0.717) is 5.40 Å². The van der Waals surface area contributed by atoms with Crippen molar-refractivity contribution < 1.29 is 13.0 Å². The fourth-order valence-electron chi connectivity index (χ4n) is 0. The number of hydrogen-bond donors (Lipinski definition) is 1. The summed E-state index contributed by atoms with van der Waals surface area (Å²) in [6.07, 6.45) is 0. The minimum atomic E-state index is -4.36. The third kappa shape index (κ3) is 25.8.